The second-order valence-electron chi connectivity index (χ2n) is 4.08. The fourth-order valence-corrected chi connectivity index (χ4v) is 1.48. The highest BCUT2D eigenvalue weighted by molar-refractivity contribution is 5.79. The second-order valence-corrected chi connectivity index (χ2v) is 4.08. The topological polar surface area (TPSA) is 65.7 Å². The maximum absolute atomic E-state index is 5.19. The Kier molecular flexibility index (Phi) is 7.21. The van der Waals surface area contributed by atoms with E-state index in [2.05, 4.69) is 53.0 Å². The molecule has 98 valence electrons. The zero-order chi connectivity index (χ0) is 12.0. The van der Waals surface area contributed by atoms with Gasteiger partial charge in [0.25, 0.3) is 0 Å². The standard InChI is InChI=1S/C9H9N.C4H12N2.H2O.H2/c1-10-7-6-8-4-2-3-5-9(8)10;1-6(2)4-3-5;;/h2-7H,1H3;3-5H2,1-2H3;1H2;1H. The summed E-state index contributed by atoms with van der Waals surface area (Å²) >= 11 is 0. The van der Waals surface area contributed by atoms with E-state index < -0.39 is 0 Å². The predicted octanol–water partition coefficient (Wildman–Crippen LogP) is 1.11. The van der Waals surface area contributed by atoms with Gasteiger partial charge in [0.1, 0.15) is 0 Å². The Bertz CT molecular complexity index is 429. The highest BCUT2D eigenvalue weighted by Crippen LogP contribution is 2.12. The van der Waals surface area contributed by atoms with Crippen LogP contribution < -0.4 is 5.73 Å². The third-order valence-electron chi connectivity index (χ3n) is 2.37. The molecule has 2 aromatic rings. The average molecular weight is 239 g/mol. The van der Waals surface area contributed by atoms with Crippen molar-refractivity contribution in [2.24, 2.45) is 12.8 Å². The van der Waals surface area contributed by atoms with Crippen molar-refractivity contribution in [3.8, 4) is 0 Å². The van der Waals surface area contributed by atoms with Gasteiger partial charge in [0.15, 0.2) is 0 Å². The van der Waals surface area contributed by atoms with Crippen molar-refractivity contribution in [1.29, 1.82) is 0 Å². The highest BCUT2D eigenvalue weighted by Gasteiger charge is 1.92. The molecule has 2 rings (SSSR count). The third-order valence-corrected chi connectivity index (χ3v) is 2.37. The molecule has 1 aromatic heterocycles. The fraction of sp³-hybridized carbons (Fsp3) is 0.385. The zero-order valence-corrected chi connectivity index (χ0v) is 10.9. The normalized spacial score (nSPS) is 9.71. The summed E-state index contributed by atoms with van der Waals surface area (Å²) in [6.07, 6.45) is 2.07. The van der Waals surface area contributed by atoms with Crippen LogP contribution in [0.4, 0.5) is 0 Å². The number of benzene rings is 1. The molecule has 1 aromatic carbocycles. The SMILES string of the molecule is CN(C)CCN.Cn1ccc2ccccc21.O.[HH]. The van der Waals surface area contributed by atoms with Crippen LogP contribution in [0.15, 0.2) is 36.5 Å². The Morgan fingerprint density at radius 3 is 2.35 bits per heavy atom. The summed E-state index contributed by atoms with van der Waals surface area (Å²) < 4.78 is 2.12. The van der Waals surface area contributed by atoms with Crippen LogP contribution in [0.2, 0.25) is 0 Å². The lowest BCUT2D eigenvalue weighted by atomic mass is 10.2. The summed E-state index contributed by atoms with van der Waals surface area (Å²) in [4.78, 5) is 2.06. The maximum atomic E-state index is 5.19. The van der Waals surface area contributed by atoms with Crippen molar-refractivity contribution in [3.63, 3.8) is 0 Å². The number of fused-ring (bicyclic) bond motifs is 1. The lowest BCUT2D eigenvalue weighted by molar-refractivity contribution is 0.420. The van der Waals surface area contributed by atoms with E-state index >= 15 is 0 Å². The van der Waals surface area contributed by atoms with E-state index in [1.807, 2.05) is 14.1 Å². The van der Waals surface area contributed by atoms with Crippen molar-refractivity contribution in [2.45, 2.75) is 0 Å². The number of likely N-dealkylation sites (N-methyl/N-ethyl adjacent to an activating group) is 1. The van der Waals surface area contributed by atoms with E-state index in [-0.39, 0.29) is 6.90 Å². The molecule has 1 heterocycles. The minimum absolute atomic E-state index is 0. The minimum atomic E-state index is 0. The molecule has 0 aliphatic carbocycles. The van der Waals surface area contributed by atoms with Crippen LogP contribution in [-0.2, 0) is 7.05 Å². The number of aryl methyl sites for hydroxylation is 1. The smallest absolute Gasteiger partial charge is 0.0477 e. The van der Waals surface area contributed by atoms with Gasteiger partial charge in [-0.1, -0.05) is 18.2 Å². The molecule has 0 fully saturated rings. The number of hydrogen-bond acceptors (Lipinski definition) is 2. The van der Waals surface area contributed by atoms with Gasteiger partial charge in [-0.25, -0.2) is 0 Å². The first-order valence-corrected chi connectivity index (χ1v) is 5.50. The molecule has 4 nitrogen and oxygen atoms in total. The fourth-order valence-electron chi connectivity index (χ4n) is 1.48. The monoisotopic (exact) mass is 239 g/mol. The molecule has 0 radical (unpaired) electrons. The van der Waals surface area contributed by atoms with Gasteiger partial charge >= 0.3 is 0 Å². The van der Waals surface area contributed by atoms with E-state index in [9.17, 15) is 0 Å². The van der Waals surface area contributed by atoms with Gasteiger partial charge < -0.3 is 20.7 Å². The summed E-state index contributed by atoms with van der Waals surface area (Å²) in [5, 5.41) is 1.31. The number of nitrogens with zero attached hydrogens (tertiary/aromatic N) is 2. The number of hydrogen-bond donors (Lipinski definition) is 1. The first-order chi connectivity index (χ1) is 7.65. The summed E-state index contributed by atoms with van der Waals surface area (Å²) in [6, 6.07) is 10.5. The summed E-state index contributed by atoms with van der Waals surface area (Å²) in [5.74, 6) is 0. The molecule has 0 aliphatic rings. The van der Waals surface area contributed by atoms with Crippen molar-refractivity contribution in [3.05, 3.63) is 36.5 Å². The largest absolute Gasteiger partial charge is 0.412 e. The Labute approximate surface area is 104 Å². The number of nitrogens with two attached hydrogens (primary N) is 1. The molecular weight excluding hydrogens is 214 g/mol. The zero-order valence-electron chi connectivity index (χ0n) is 10.9. The van der Waals surface area contributed by atoms with Crippen LogP contribution >= 0.6 is 0 Å². The van der Waals surface area contributed by atoms with Gasteiger partial charge in [0.2, 0.25) is 0 Å². The lowest BCUT2D eigenvalue weighted by Gasteiger charge is -2.03. The van der Waals surface area contributed by atoms with Gasteiger partial charge in [-0.05, 0) is 31.6 Å². The molecule has 17 heavy (non-hydrogen) atoms. The van der Waals surface area contributed by atoms with E-state index in [1.165, 1.54) is 10.9 Å². The average Bonchev–Trinajstić information content (AvgIpc) is 2.62. The Morgan fingerprint density at radius 1 is 1.24 bits per heavy atom. The molecule has 0 spiro atoms. The first-order valence-electron chi connectivity index (χ1n) is 5.50. The van der Waals surface area contributed by atoms with E-state index in [0.717, 1.165) is 13.1 Å². The molecular formula is C13H25N3O. The lowest BCUT2D eigenvalue weighted by Crippen LogP contribution is -2.20. The van der Waals surface area contributed by atoms with Crippen LogP contribution in [0, 0.1) is 0 Å². The number of para-hydroxylation sites is 1. The van der Waals surface area contributed by atoms with Crippen molar-refractivity contribution in [2.75, 3.05) is 27.2 Å². The summed E-state index contributed by atoms with van der Waals surface area (Å²) in [6.45, 7) is 1.74. The Morgan fingerprint density at radius 2 is 1.88 bits per heavy atom. The molecule has 4 heteroatoms. The van der Waals surface area contributed by atoms with Gasteiger partial charge in [-0.2, -0.15) is 0 Å². The first kappa shape index (κ1) is 15.6. The number of rotatable bonds is 2. The highest BCUT2D eigenvalue weighted by atomic mass is 16.0. The van der Waals surface area contributed by atoms with E-state index in [4.69, 9.17) is 5.73 Å². The quantitative estimate of drug-likeness (QED) is 0.853. The predicted molar refractivity (Wildman–Crippen MR) is 76.3 cm³/mol. The molecule has 0 aliphatic heterocycles. The molecule has 0 atom stereocenters. The third kappa shape index (κ3) is 4.99. The van der Waals surface area contributed by atoms with E-state index in [1.54, 1.807) is 0 Å². The summed E-state index contributed by atoms with van der Waals surface area (Å²) in [5.41, 5.74) is 6.48. The Balaban J connectivity index is 0. The molecule has 0 bridgehead atoms. The van der Waals surface area contributed by atoms with Crippen LogP contribution in [0.1, 0.15) is 1.43 Å². The van der Waals surface area contributed by atoms with Crippen molar-refractivity contribution < 1.29 is 6.90 Å². The van der Waals surface area contributed by atoms with E-state index in [0.29, 0.717) is 0 Å². The summed E-state index contributed by atoms with van der Waals surface area (Å²) in [7, 11) is 6.07. The molecule has 0 saturated heterocycles. The van der Waals surface area contributed by atoms with Crippen LogP contribution in [-0.4, -0.2) is 42.1 Å². The molecule has 4 N–H and O–H groups in total. The van der Waals surface area contributed by atoms with Gasteiger partial charge in [-0.3, -0.25) is 0 Å². The van der Waals surface area contributed by atoms with Crippen molar-refractivity contribution >= 4 is 10.9 Å². The van der Waals surface area contributed by atoms with Crippen LogP contribution in [0.3, 0.4) is 0 Å². The molecule has 0 amide bonds. The van der Waals surface area contributed by atoms with Gasteiger partial charge in [0, 0.05) is 33.3 Å². The minimum Gasteiger partial charge on any atom is -0.412 e. The van der Waals surface area contributed by atoms with Crippen LogP contribution in [0.25, 0.3) is 10.9 Å². The molecule has 0 saturated carbocycles. The molecule has 0 unspecified atom stereocenters. The maximum Gasteiger partial charge on any atom is 0.0477 e. The van der Waals surface area contributed by atoms with Gasteiger partial charge in [-0.15, -0.1) is 0 Å². The number of aromatic nitrogens is 1. The van der Waals surface area contributed by atoms with Crippen LogP contribution in [0.5, 0.6) is 0 Å². The second kappa shape index (κ2) is 7.84. The van der Waals surface area contributed by atoms with Crippen molar-refractivity contribution in [1.82, 2.24) is 9.47 Å². The van der Waals surface area contributed by atoms with Gasteiger partial charge in [0.05, 0.1) is 0 Å². The Hall–Kier alpha value is -1.36.